The number of para-hydroxylation sites is 1. The van der Waals surface area contributed by atoms with Crippen LogP contribution in [0.15, 0.2) is 36.5 Å². The Hall–Kier alpha value is -1.42. The fourth-order valence-electron chi connectivity index (χ4n) is 3.00. The summed E-state index contributed by atoms with van der Waals surface area (Å²) >= 11 is 3.74. The van der Waals surface area contributed by atoms with Gasteiger partial charge in [0.05, 0.1) is 11.1 Å². The van der Waals surface area contributed by atoms with Gasteiger partial charge in [-0.25, -0.2) is 0 Å². The highest BCUT2D eigenvalue weighted by molar-refractivity contribution is 9.09. The number of hydrogen-bond donors (Lipinski definition) is 1. The first-order valence-electron chi connectivity index (χ1n) is 7.52. The molecule has 1 aromatic carbocycles. The molecule has 0 spiro atoms. The van der Waals surface area contributed by atoms with Gasteiger partial charge >= 0.3 is 0 Å². The lowest BCUT2D eigenvalue weighted by Crippen LogP contribution is -2.34. The minimum Gasteiger partial charge on any atom is -0.352 e. The summed E-state index contributed by atoms with van der Waals surface area (Å²) in [6.45, 7) is 0.734. The molecule has 21 heavy (non-hydrogen) atoms. The van der Waals surface area contributed by atoms with E-state index in [-0.39, 0.29) is 5.91 Å². The third kappa shape index (κ3) is 3.26. The van der Waals surface area contributed by atoms with E-state index in [2.05, 4.69) is 26.2 Å². The minimum absolute atomic E-state index is 0.0235. The van der Waals surface area contributed by atoms with Gasteiger partial charge in [-0.3, -0.25) is 9.78 Å². The molecule has 4 heteroatoms. The third-order valence-corrected chi connectivity index (χ3v) is 5.42. The maximum Gasteiger partial charge on any atom is 0.253 e. The van der Waals surface area contributed by atoms with Crippen molar-refractivity contribution in [3.05, 3.63) is 42.1 Å². The minimum atomic E-state index is -0.0235. The number of alkyl halides is 1. The van der Waals surface area contributed by atoms with Crippen molar-refractivity contribution < 1.29 is 4.79 Å². The summed E-state index contributed by atoms with van der Waals surface area (Å²) in [5, 5.41) is 4.08. The average Bonchev–Trinajstić information content (AvgIpc) is 2.53. The van der Waals surface area contributed by atoms with Crippen molar-refractivity contribution in [2.24, 2.45) is 5.92 Å². The number of amides is 1. The van der Waals surface area contributed by atoms with E-state index in [0.717, 1.165) is 17.4 Å². The zero-order valence-corrected chi connectivity index (χ0v) is 13.5. The van der Waals surface area contributed by atoms with Crippen LogP contribution in [0.3, 0.4) is 0 Å². The molecule has 3 rings (SSSR count). The average molecular weight is 347 g/mol. The largest absolute Gasteiger partial charge is 0.352 e. The molecule has 110 valence electrons. The van der Waals surface area contributed by atoms with Crippen molar-refractivity contribution in [3.8, 4) is 0 Å². The Kier molecular flexibility index (Phi) is 4.54. The normalized spacial score (nSPS) is 22.1. The van der Waals surface area contributed by atoms with Gasteiger partial charge in [-0.2, -0.15) is 0 Å². The molecule has 1 heterocycles. The summed E-state index contributed by atoms with van der Waals surface area (Å²) in [5.74, 6) is 0.509. The molecule has 1 fully saturated rings. The summed E-state index contributed by atoms with van der Waals surface area (Å²) in [4.78, 5) is 17.3. The molecular formula is C17H19BrN2O. The molecule has 1 aliphatic rings. The molecule has 3 nitrogen and oxygen atoms in total. The van der Waals surface area contributed by atoms with Gasteiger partial charge in [-0.1, -0.05) is 47.0 Å². The van der Waals surface area contributed by atoms with E-state index in [1.54, 1.807) is 6.20 Å². The maximum atomic E-state index is 12.4. The van der Waals surface area contributed by atoms with Crippen molar-refractivity contribution in [2.75, 3.05) is 6.54 Å². The van der Waals surface area contributed by atoms with Crippen molar-refractivity contribution in [2.45, 2.75) is 30.5 Å². The molecule has 0 aliphatic heterocycles. The molecular weight excluding hydrogens is 328 g/mol. The predicted octanol–water partition coefficient (Wildman–Crippen LogP) is 3.92. The molecule has 0 radical (unpaired) electrons. The summed E-state index contributed by atoms with van der Waals surface area (Å²) in [7, 11) is 0. The number of carbonyl (C=O) groups excluding carboxylic acids is 1. The Labute approximate surface area is 133 Å². The van der Waals surface area contributed by atoms with Crippen molar-refractivity contribution in [1.82, 2.24) is 10.3 Å². The third-order valence-electron chi connectivity index (χ3n) is 4.22. The van der Waals surface area contributed by atoms with Gasteiger partial charge < -0.3 is 5.32 Å². The highest BCUT2D eigenvalue weighted by Gasteiger charge is 2.23. The zero-order chi connectivity index (χ0) is 14.7. The Balaban J connectivity index is 1.72. The van der Waals surface area contributed by atoms with Gasteiger partial charge in [0.25, 0.3) is 5.91 Å². The second-order valence-corrected chi connectivity index (χ2v) is 6.83. The van der Waals surface area contributed by atoms with E-state index in [1.165, 1.54) is 25.7 Å². The monoisotopic (exact) mass is 346 g/mol. The number of benzene rings is 1. The van der Waals surface area contributed by atoms with Crippen molar-refractivity contribution >= 4 is 32.7 Å². The Morgan fingerprint density at radius 2 is 2.05 bits per heavy atom. The van der Waals surface area contributed by atoms with Gasteiger partial charge in [-0.05, 0) is 30.9 Å². The second kappa shape index (κ2) is 6.56. The topological polar surface area (TPSA) is 42.0 Å². The van der Waals surface area contributed by atoms with Crippen LogP contribution in [-0.4, -0.2) is 22.3 Å². The standard InChI is InChI=1S/C17H19BrN2O/c18-15-9-2-1-5-13(15)11-20-17(21)14-8-3-6-12-7-4-10-19-16(12)14/h3-4,6-8,10,13,15H,1-2,5,9,11H2,(H,20,21). The first-order valence-corrected chi connectivity index (χ1v) is 8.43. The summed E-state index contributed by atoms with van der Waals surface area (Å²) in [6.07, 6.45) is 6.67. The fourth-order valence-corrected chi connectivity index (χ4v) is 3.77. The predicted molar refractivity (Wildman–Crippen MR) is 88.7 cm³/mol. The van der Waals surface area contributed by atoms with Gasteiger partial charge in [0.15, 0.2) is 0 Å². The van der Waals surface area contributed by atoms with Crippen LogP contribution in [0.4, 0.5) is 0 Å². The van der Waals surface area contributed by atoms with Crippen molar-refractivity contribution in [1.29, 1.82) is 0 Å². The molecule has 1 amide bonds. The number of aromatic nitrogens is 1. The first kappa shape index (κ1) is 14.5. The molecule has 1 N–H and O–H groups in total. The highest BCUT2D eigenvalue weighted by Crippen LogP contribution is 2.29. The van der Waals surface area contributed by atoms with E-state index < -0.39 is 0 Å². The molecule has 2 atom stereocenters. The molecule has 2 aromatic rings. The zero-order valence-electron chi connectivity index (χ0n) is 11.9. The van der Waals surface area contributed by atoms with Crippen LogP contribution in [0, 0.1) is 5.92 Å². The molecule has 1 aliphatic carbocycles. The number of carbonyl (C=O) groups is 1. The lowest BCUT2D eigenvalue weighted by molar-refractivity contribution is 0.0946. The van der Waals surface area contributed by atoms with E-state index in [1.807, 2.05) is 30.3 Å². The Morgan fingerprint density at radius 3 is 2.90 bits per heavy atom. The van der Waals surface area contributed by atoms with Crippen LogP contribution >= 0.6 is 15.9 Å². The number of halogens is 1. The van der Waals surface area contributed by atoms with Gasteiger partial charge in [0.1, 0.15) is 0 Å². The van der Waals surface area contributed by atoms with Crippen LogP contribution in [0.1, 0.15) is 36.0 Å². The maximum absolute atomic E-state index is 12.4. The first-order chi connectivity index (χ1) is 10.3. The molecule has 0 saturated heterocycles. The number of rotatable bonds is 3. The highest BCUT2D eigenvalue weighted by atomic mass is 79.9. The molecule has 1 aromatic heterocycles. The summed E-state index contributed by atoms with van der Waals surface area (Å²) in [6, 6.07) is 9.61. The second-order valence-electron chi connectivity index (χ2n) is 5.65. The quantitative estimate of drug-likeness (QED) is 0.855. The number of pyridine rings is 1. The number of nitrogens with one attached hydrogen (secondary N) is 1. The fraction of sp³-hybridized carbons (Fsp3) is 0.412. The molecule has 1 saturated carbocycles. The van der Waals surface area contributed by atoms with Crippen molar-refractivity contribution in [3.63, 3.8) is 0 Å². The Bertz CT molecular complexity index is 638. The Morgan fingerprint density at radius 1 is 1.24 bits per heavy atom. The van der Waals surface area contributed by atoms with E-state index in [9.17, 15) is 4.79 Å². The van der Waals surface area contributed by atoms with Crippen LogP contribution in [0.25, 0.3) is 10.9 Å². The van der Waals surface area contributed by atoms with Crippen LogP contribution in [-0.2, 0) is 0 Å². The SMILES string of the molecule is O=C(NCC1CCCCC1Br)c1cccc2cccnc12. The van der Waals surface area contributed by atoms with Crippen LogP contribution < -0.4 is 5.32 Å². The summed E-state index contributed by atoms with van der Waals surface area (Å²) < 4.78 is 0. The van der Waals surface area contributed by atoms with Gasteiger partial charge in [0, 0.05) is 23.0 Å². The van der Waals surface area contributed by atoms with Crippen LogP contribution in [0.2, 0.25) is 0 Å². The van der Waals surface area contributed by atoms with E-state index >= 15 is 0 Å². The number of hydrogen-bond acceptors (Lipinski definition) is 2. The van der Waals surface area contributed by atoms with E-state index in [0.29, 0.717) is 16.3 Å². The lowest BCUT2D eigenvalue weighted by atomic mass is 9.89. The van der Waals surface area contributed by atoms with Gasteiger partial charge in [0.2, 0.25) is 0 Å². The van der Waals surface area contributed by atoms with Gasteiger partial charge in [-0.15, -0.1) is 0 Å². The number of fused-ring (bicyclic) bond motifs is 1. The lowest BCUT2D eigenvalue weighted by Gasteiger charge is -2.27. The van der Waals surface area contributed by atoms with Crippen LogP contribution in [0.5, 0.6) is 0 Å². The smallest absolute Gasteiger partial charge is 0.253 e. The molecule has 0 bridgehead atoms. The number of nitrogens with zero attached hydrogens (tertiary/aromatic N) is 1. The molecule has 2 unspecified atom stereocenters. The van der Waals surface area contributed by atoms with E-state index in [4.69, 9.17) is 0 Å². The summed E-state index contributed by atoms with van der Waals surface area (Å²) in [5.41, 5.74) is 1.44.